The molecule has 1 atom stereocenters. The maximum atomic E-state index is 13.2. The second kappa shape index (κ2) is 11.1. The molecule has 0 saturated heterocycles. The molecule has 1 N–H and O–H groups in total. The van der Waals surface area contributed by atoms with Gasteiger partial charge in [-0.3, -0.25) is 19.2 Å². The summed E-state index contributed by atoms with van der Waals surface area (Å²) < 4.78 is 6.55. The second-order valence-corrected chi connectivity index (χ2v) is 8.91. The van der Waals surface area contributed by atoms with Crippen LogP contribution in [-0.2, 0) is 4.79 Å². The quantitative estimate of drug-likeness (QED) is 0.337. The average Bonchev–Trinajstić information content (AvgIpc) is 2.82. The van der Waals surface area contributed by atoms with E-state index >= 15 is 0 Å². The third-order valence-corrected chi connectivity index (χ3v) is 5.61. The SMILES string of the molecule is COc1nn(C(CC(C)C)C(=O)Nc2ccc(C=O)cc2)c(=O)cc1-c1cc(Cl)ccc1C(C)=O. The number of halogens is 1. The summed E-state index contributed by atoms with van der Waals surface area (Å²) in [6.45, 7) is 5.28. The topological polar surface area (TPSA) is 107 Å². The molecule has 8 nitrogen and oxygen atoms in total. The van der Waals surface area contributed by atoms with Gasteiger partial charge in [-0.15, -0.1) is 5.10 Å². The number of rotatable bonds is 9. The second-order valence-electron chi connectivity index (χ2n) is 8.47. The first-order chi connectivity index (χ1) is 16.6. The Kier molecular flexibility index (Phi) is 8.19. The van der Waals surface area contributed by atoms with Crippen LogP contribution in [0, 0.1) is 5.92 Å². The average molecular weight is 496 g/mol. The summed E-state index contributed by atoms with van der Waals surface area (Å²) in [5.74, 6) is -0.499. The fraction of sp³-hybridized carbons (Fsp3) is 0.269. The molecular weight excluding hydrogens is 470 g/mol. The summed E-state index contributed by atoms with van der Waals surface area (Å²) in [6, 6.07) is 11.5. The molecule has 0 aliphatic heterocycles. The van der Waals surface area contributed by atoms with Crippen LogP contribution in [0.4, 0.5) is 5.69 Å². The molecule has 0 aliphatic carbocycles. The van der Waals surface area contributed by atoms with Crippen molar-refractivity contribution in [3.05, 3.63) is 75.0 Å². The summed E-state index contributed by atoms with van der Waals surface area (Å²) in [7, 11) is 1.39. The van der Waals surface area contributed by atoms with Gasteiger partial charge in [-0.25, -0.2) is 4.68 Å². The summed E-state index contributed by atoms with van der Waals surface area (Å²) in [4.78, 5) is 49.5. The molecule has 0 radical (unpaired) electrons. The number of hydrogen-bond acceptors (Lipinski definition) is 6. The zero-order valence-corrected chi connectivity index (χ0v) is 20.6. The highest BCUT2D eigenvalue weighted by atomic mass is 35.5. The predicted octanol–water partition coefficient (Wildman–Crippen LogP) is 4.81. The van der Waals surface area contributed by atoms with E-state index in [1.54, 1.807) is 42.5 Å². The maximum Gasteiger partial charge on any atom is 0.268 e. The number of Topliss-reactive ketones (excluding diaryl/α,β-unsaturated/α-hetero) is 1. The minimum atomic E-state index is -0.928. The Morgan fingerprint density at radius 1 is 1.11 bits per heavy atom. The lowest BCUT2D eigenvalue weighted by Crippen LogP contribution is -2.36. The van der Waals surface area contributed by atoms with E-state index in [0.717, 1.165) is 4.68 Å². The number of ketones is 1. The normalized spacial score (nSPS) is 11.7. The van der Waals surface area contributed by atoms with Crippen molar-refractivity contribution < 1.29 is 19.1 Å². The molecule has 1 heterocycles. The Bertz CT molecular complexity index is 1320. The summed E-state index contributed by atoms with van der Waals surface area (Å²) in [5, 5.41) is 7.53. The molecular formula is C26H26ClN3O5. The monoisotopic (exact) mass is 495 g/mol. The Hall–Kier alpha value is -3.78. The van der Waals surface area contributed by atoms with Crippen molar-refractivity contribution in [2.75, 3.05) is 12.4 Å². The van der Waals surface area contributed by atoms with Gasteiger partial charge < -0.3 is 10.1 Å². The fourth-order valence-corrected chi connectivity index (χ4v) is 3.87. The van der Waals surface area contributed by atoms with Crippen LogP contribution in [0.25, 0.3) is 11.1 Å². The van der Waals surface area contributed by atoms with E-state index in [0.29, 0.717) is 45.7 Å². The lowest BCUT2D eigenvalue weighted by atomic mass is 9.98. The Morgan fingerprint density at radius 3 is 2.37 bits per heavy atom. The highest BCUT2D eigenvalue weighted by molar-refractivity contribution is 6.31. The lowest BCUT2D eigenvalue weighted by molar-refractivity contribution is -0.120. The minimum absolute atomic E-state index is 0.0693. The highest BCUT2D eigenvalue weighted by Crippen LogP contribution is 2.33. The number of methoxy groups -OCH3 is 1. The van der Waals surface area contributed by atoms with Gasteiger partial charge >= 0.3 is 0 Å². The number of amides is 1. The van der Waals surface area contributed by atoms with E-state index < -0.39 is 17.5 Å². The van der Waals surface area contributed by atoms with Crippen molar-refractivity contribution in [1.29, 1.82) is 0 Å². The van der Waals surface area contributed by atoms with Crippen molar-refractivity contribution in [3.8, 4) is 17.0 Å². The number of anilines is 1. The predicted molar refractivity (Wildman–Crippen MR) is 134 cm³/mol. The summed E-state index contributed by atoms with van der Waals surface area (Å²) >= 11 is 6.16. The standard InChI is InChI=1S/C26H26ClN3O5/c1-15(2)11-23(25(34)28-19-8-5-17(14-31)6-9-19)30-24(33)13-22(26(29-30)35-4)21-12-18(27)7-10-20(21)16(3)32/h5-10,12-15,23H,11H2,1-4H3,(H,28,34). The third kappa shape index (κ3) is 6.02. The van der Waals surface area contributed by atoms with Crippen molar-refractivity contribution in [2.45, 2.75) is 33.2 Å². The first-order valence-electron chi connectivity index (χ1n) is 11.0. The van der Waals surface area contributed by atoms with E-state index in [9.17, 15) is 19.2 Å². The van der Waals surface area contributed by atoms with Crippen LogP contribution in [0.3, 0.4) is 0 Å². The molecule has 0 fully saturated rings. The van der Waals surface area contributed by atoms with E-state index in [-0.39, 0.29) is 17.6 Å². The number of aromatic nitrogens is 2. The van der Waals surface area contributed by atoms with Gasteiger partial charge in [-0.1, -0.05) is 25.4 Å². The van der Waals surface area contributed by atoms with Crippen LogP contribution in [0.2, 0.25) is 5.02 Å². The third-order valence-electron chi connectivity index (χ3n) is 5.37. The Balaban J connectivity index is 2.07. The summed E-state index contributed by atoms with van der Waals surface area (Å²) in [5.41, 5.74) is 1.50. The van der Waals surface area contributed by atoms with Gasteiger partial charge in [0, 0.05) is 27.9 Å². The smallest absolute Gasteiger partial charge is 0.268 e. The van der Waals surface area contributed by atoms with Crippen LogP contribution >= 0.6 is 11.6 Å². The largest absolute Gasteiger partial charge is 0.480 e. The minimum Gasteiger partial charge on any atom is -0.480 e. The van der Waals surface area contributed by atoms with Crippen molar-refractivity contribution >= 4 is 35.3 Å². The number of nitrogens with zero attached hydrogens (tertiary/aromatic N) is 2. The van der Waals surface area contributed by atoms with E-state index in [4.69, 9.17) is 16.3 Å². The number of carbonyl (C=O) groups is 3. The molecule has 0 aliphatic rings. The summed E-state index contributed by atoms with van der Waals surface area (Å²) in [6.07, 6.45) is 1.05. The highest BCUT2D eigenvalue weighted by Gasteiger charge is 2.26. The molecule has 0 saturated carbocycles. The molecule has 3 aromatic rings. The molecule has 2 aromatic carbocycles. The number of benzene rings is 2. The van der Waals surface area contributed by atoms with Gasteiger partial charge in [0.15, 0.2) is 5.78 Å². The molecule has 1 unspecified atom stereocenters. The molecule has 1 aromatic heterocycles. The van der Waals surface area contributed by atoms with Crippen LogP contribution in [0.15, 0.2) is 53.3 Å². The maximum absolute atomic E-state index is 13.2. The number of nitrogens with one attached hydrogen (secondary N) is 1. The van der Waals surface area contributed by atoms with Crippen LogP contribution in [0.1, 0.15) is 53.9 Å². The zero-order valence-electron chi connectivity index (χ0n) is 19.9. The number of carbonyl (C=O) groups excluding carboxylic acids is 3. The van der Waals surface area contributed by atoms with Gasteiger partial charge in [0.2, 0.25) is 11.8 Å². The molecule has 9 heteroatoms. The van der Waals surface area contributed by atoms with Gasteiger partial charge in [0.1, 0.15) is 12.3 Å². The fourth-order valence-electron chi connectivity index (χ4n) is 3.70. The van der Waals surface area contributed by atoms with Gasteiger partial charge in [-0.05, 0) is 67.3 Å². The molecule has 0 bridgehead atoms. The zero-order chi connectivity index (χ0) is 25.7. The van der Waals surface area contributed by atoms with Gasteiger partial charge in [0.25, 0.3) is 5.56 Å². The van der Waals surface area contributed by atoms with E-state index in [1.165, 1.54) is 20.1 Å². The first kappa shape index (κ1) is 25.8. The molecule has 182 valence electrons. The number of hydrogen-bond donors (Lipinski definition) is 1. The van der Waals surface area contributed by atoms with Crippen molar-refractivity contribution in [3.63, 3.8) is 0 Å². The molecule has 1 amide bonds. The molecule has 35 heavy (non-hydrogen) atoms. The van der Waals surface area contributed by atoms with Gasteiger partial charge in [0.05, 0.1) is 12.7 Å². The van der Waals surface area contributed by atoms with Crippen LogP contribution in [0.5, 0.6) is 5.88 Å². The van der Waals surface area contributed by atoms with Crippen molar-refractivity contribution in [2.24, 2.45) is 5.92 Å². The lowest BCUT2D eigenvalue weighted by Gasteiger charge is -2.21. The van der Waals surface area contributed by atoms with Crippen molar-refractivity contribution in [1.82, 2.24) is 9.78 Å². The van der Waals surface area contributed by atoms with Crippen LogP contribution in [-0.4, -0.2) is 34.9 Å². The first-order valence-corrected chi connectivity index (χ1v) is 11.4. The van der Waals surface area contributed by atoms with E-state index in [2.05, 4.69) is 10.4 Å². The van der Waals surface area contributed by atoms with Crippen LogP contribution < -0.4 is 15.6 Å². The molecule has 0 spiro atoms. The van der Waals surface area contributed by atoms with Gasteiger partial charge in [-0.2, -0.15) is 0 Å². The number of aldehydes is 1. The molecule has 3 rings (SSSR count). The Labute approximate surface area is 207 Å². The Morgan fingerprint density at radius 2 is 1.80 bits per heavy atom. The number of ether oxygens (including phenoxy) is 1. The van der Waals surface area contributed by atoms with E-state index in [1.807, 2.05) is 13.8 Å².